The first kappa shape index (κ1) is 15.4. The van der Waals surface area contributed by atoms with Crippen LogP contribution in [0.5, 0.6) is 0 Å². The molecular formula is C18H30N2. The molecule has 1 unspecified atom stereocenters. The summed E-state index contributed by atoms with van der Waals surface area (Å²) >= 11 is 0. The summed E-state index contributed by atoms with van der Waals surface area (Å²) in [6, 6.07) is 7.96. The molecule has 2 N–H and O–H groups in total. The molecule has 1 saturated carbocycles. The van der Waals surface area contributed by atoms with Gasteiger partial charge in [0.25, 0.3) is 0 Å². The Morgan fingerprint density at radius 1 is 1.25 bits per heavy atom. The van der Waals surface area contributed by atoms with Crippen LogP contribution in [0.1, 0.15) is 57.1 Å². The second-order valence-electron chi connectivity index (χ2n) is 6.22. The molecule has 0 aromatic heterocycles. The highest BCUT2D eigenvalue weighted by atomic mass is 15.2. The molecular weight excluding hydrogens is 244 g/mol. The van der Waals surface area contributed by atoms with Crippen LogP contribution in [0, 0.1) is 6.92 Å². The SMILES string of the molecule is CCC(N)Cc1ccc(N(CC)C2CCCC2)c(C)c1. The van der Waals surface area contributed by atoms with E-state index < -0.39 is 0 Å². The third-order valence-electron chi connectivity index (χ3n) is 4.70. The minimum Gasteiger partial charge on any atom is -0.369 e. The van der Waals surface area contributed by atoms with Gasteiger partial charge in [-0.15, -0.1) is 0 Å². The van der Waals surface area contributed by atoms with Gasteiger partial charge in [-0.2, -0.15) is 0 Å². The zero-order valence-corrected chi connectivity index (χ0v) is 13.4. The quantitative estimate of drug-likeness (QED) is 0.848. The van der Waals surface area contributed by atoms with Crippen LogP contribution < -0.4 is 10.6 Å². The molecule has 0 heterocycles. The molecule has 0 amide bonds. The van der Waals surface area contributed by atoms with Crippen molar-refractivity contribution in [2.75, 3.05) is 11.4 Å². The normalized spacial score (nSPS) is 17.4. The number of nitrogens with zero attached hydrogens (tertiary/aromatic N) is 1. The first-order valence-electron chi connectivity index (χ1n) is 8.27. The molecule has 1 atom stereocenters. The summed E-state index contributed by atoms with van der Waals surface area (Å²) in [5, 5.41) is 0. The van der Waals surface area contributed by atoms with Crippen LogP contribution in [0.4, 0.5) is 5.69 Å². The van der Waals surface area contributed by atoms with Gasteiger partial charge in [0.15, 0.2) is 0 Å². The van der Waals surface area contributed by atoms with Gasteiger partial charge >= 0.3 is 0 Å². The summed E-state index contributed by atoms with van der Waals surface area (Å²) in [6.45, 7) is 7.79. The molecule has 1 fully saturated rings. The van der Waals surface area contributed by atoms with Crippen LogP contribution >= 0.6 is 0 Å². The van der Waals surface area contributed by atoms with Crippen molar-refractivity contribution in [2.45, 2.75) is 71.4 Å². The van der Waals surface area contributed by atoms with Gasteiger partial charge in [-0.1, -0.05) is 31.9 Å². The molecule has 0 aliphatic heterocycles. The number of hydrogen-bond acceptors (Lipinski definition) is 2. The van der Waals surface area contributed by atoms with Gasteiger partial charge in [0.2, 0.25) is 0 Å². The average molecular weight is 274 g/mol. The number of benzene rings is 1. The highest BCUT2D eigenvalue weighted by Crippen LogP contribution is 2.30. The molecule has 1 aliphatic carbocycles. The highest BCUT2D eigenvalue weighted by molar-refractivity contribution is 5.55. The van der Waals surface area contributed by atoms with E-state index in [9.17, 15) is 0 Å². The third-order valence-corrected chi connectivity index (χ3v) is 4.70. The van der Waals surface area contributed by atoms with E-state index in [1.807, 2.05) is 0 Å². The fraction of sp³-hybridized carbons (Fsp3) is 0.667. The number of anilines is 1. The summed E-state index contributed by atoms with van der Waals surface area (Å²) in [5.41, 5.74) is 10.3. The van der Waals surface area contributed by atoms with Gasteiger partial charge in [0, 0.05) is 24.3 Å². The molecule has 0 spiro atoms. The van der Waals surface area contributed by atoms with E-state index in [0.717, 1.165) is 25.4 Å². The lowest BCUT2D eigenvalue weighted by atomic mass is 10.0. The van der Waals surface area contributed by atoms with Crippen molar-refractivity contribution >= 4 is 5.69 Å². The molecule has 2 nitrogen and oxygen atoms in total. The van der Waals surface area contributed by atoms with E-state index in [-0.39, 0.29) is 6.04 Å². The largest absolute Gasteiger partial charge is 0.369 e. The van der Waals surface area contributed by atoms with Gasteiger partial charge in [-0.05, 0) is 56.7 Å². The maximum Gasteiger partial charge on any atom is 0.0398 e. The van der Waals surface area contributed by atoms with Crippen LogP contribution in [0.25, 0.3) is 0 Å². The Balaban J connectivity index is 2.15. The van der Waals surface area contributed by atoms with Crippen molar-refractivity contribution < 1.29 is 0 Å². The molecule has 1 aliphatic rings. The Kier molecular flexibility index (Phi) is 5.47. The van der Waals surface area contributed by atoms with Crippen molar-refractivity contribution in [2.24, 2.45) is 5.73 Å². The number of hydrogen-bond donors (Lipinski definition) is 1. The molecule has 20 heavy (non-hydrogen) atoms. The zero-order valence-electron chi connectivity index (χ0n) is 13.4. The second kappa shape index (κ2) is 7.12. The second-order valence-corrected chi connectivity index (χ2v) is 6.22. The summed E-state index contributed by atoms with van der Waals surface area (Å²) < 4.78 is 0. The van der Waals surface area contributed by atoms with Crippen LogP contribution in [0.2, 0.25) is 0 Å². The van der Waals surface area contributed by atoms with Crippen LogP contribution in [-0.4, -0.2) is 18.6 Å². The maximum atomic E-state index is 6.07. The van der Waals surface area contributed by atoms with Gasteiger partial charge in [0.05, 0.1) is 0 Å². The minimum atomic E-state index is 0.289. The Bertz CT molecular complexity index is 421. The first-order valence-corrected chi connectivity index (χ1v) is 8.27. The molecule has 2 rings (SSSR count). The monoisotopic (exact) mass is 274 g/mol. The summed E-state index contributed by atoms with van der Waals surface area (Å²) in [4.78, 5) is 2.60. The Morgan fingerprint density at radius 3 is 2.50 bits per heavy atom. The van der Waals surface area contributed by atoms with E-state index in [1.165, 1.54) is 42.5 Å². The fourth-order valence-electron chi connectivity index (χ4n) is 3.46. The Labute approximate surface area is 124 Å². The van der Waals surface area contributed by atoms with Crippen LogP contribution in [0.15, 0.2) is 18.2 Å². The standard InChI is InChI=1S/C18H30N2/c1-4-16(19)13-15-10-11-18(14(3)12-15)20(5-2)17-8-6-7-9-17/h10-12,16-17H,4-9,13,19H2,1-3H3. The summed E-state index contributed by atoms with van der Waals surface area (Å²) in [6.07, 6.45) is 7.54. The number of nitrogens with two attached hydrogens (primary N) is 1. The van der Waals surface area contributed by atoms with E-state index in [2.05, 4.69) is 43.9 Å². The van der Waals surface area contributed by atoms with Crippen molar-refractivity contribution in [1.29, 1.82) is 0 Å². The van der Waals surface area contributed by atoms with E-state index >= 15 is 0 Å². The number of aryl methyl sites for hydroxylation is 1. The Hall–Kier alpha value is -1.02. The average Bonchev–Trinajstić information content (AvgIpc) is 2.96. The minimum absolute atomic E-state index is 0.289. The molecule has 112 valence electrons. The first-order chi connectivity index (χ1) is 9.65. The molecule has 0 radical (unpaired) electrons. The van der Waals surface area contributed by atoms with Gasteiger partial charge in [-0.3, -0.25) is 0 Å². The molecule has 1 aromatic rings. The predicted octanol–water partition coefficient (Wildman–Crippen LogP) is 4.04. The third kappa shape index (κ3) is 3.54. The van der Waals surface area contributed by atoms with Gasteiger partial charge in [0.1, 0.15) is 0 Å². The topological polar surface area (TPSA) is 29.3 Å². The smallest absolute Gasteiger partial charge is 0.0398 e. The van der Waals surface area contributed by atoms with Gasteiger partial charge < -0.3 is 10.6 Å². The zero-order chi connectivity index (χ0) is 14.5. The summed E-state index contributed by atoms with van der Waals surface area (Å²) in [7, 11) is 0. The van der Waals surface area contributed by atoms with Crippen LogP contribution in [-0.2, 0) is 6.42 Å². The fourth-order valence-corrected chi connectivity index (χ4v) is 3.46. The summed E-state index contributed by atoms with van der Waals surface area (Å²) in [5.74, 6) is 0. The molecule has 0 bridgehead atoms. The van der Waals surface area contributed by atoms with E-state index in [4.69, 9.17) is 5.73 Å². The molecule has 0 saturated heterocycles. The number of rotatable bonds is 6. The highest BCUT2D eigenvalue weighted by Gasteiger charge is 2.22. The lowest BCUT2D eigenvalue weighted by molar-refractivity contribution is 0.617. The lowest BCUT2D eigenvalue weighted by Crippen LogP contribution is -2.33. The van der Waals surface area contributed by atoms with Crippen molar-refractivity contribution in [1.82, 2.24) is 0 Å². The van der Waals surface area contributed by atoms with Crippen molar-refractivity contribution in [3.63, 3.8) is 0 Å². The predicted molar refractivity (Wildman–Crippen MR) is 88.4 cm³/mol. The molecule has 1 aromatic carbocycles. The van der Waals surface area contributed by atoms with Crippen molar-refractivity contribution in [3.05, 3.63) is 29.3 Å². The lowest BCUT2D eigenvalue weighted by Gasteiger charge is -2.31. The van der Waals surface area contributed by atoms with Crippen molar-refractivity contribution in [3.8, 4) is 0 Å². The van der Waals surface area contributed by atoms with E-state index in [1.54, 1.807) is 0 Å². The van der Waals surface area contributed by atoms with Gasteiger partial charge in [-0.25, -0.2) is 0 Å². The molecule has 2 heteroatoms. The Morgan fingerprint density at radius 2 is 1.95 bits per heavy atom. The van der Waals surface area contributed by atoms with Crippen LogP contribution in [0.3, 0.4) is 0 Å². The maximum absolute atomic E-state index is 6.07. The van der Waals surface area contributed by atoms with E-state index in [0.29, 0.717) is 0 Å².